The topological polar surface area (TPSA) is 70.6 Å². The Balaban J connectivity index is 1.86. The van der Waals surface area contributed by atoms with E-state index >= 15 is 0 Å². The zero-order chi connectivity index (χ0) is 8.10. The Bertz CT molecular complexity index is 143. The lowest BCUT2D eigenvalue weighted by Gasteiger charge is -2.00. The minimum Gasteiger partial charge on any atom is -0.409 e. The van der Waals surface area contributed by atoms with Gasteiger partial charge in [0.05, 0.1) is 0 Å². The summed E-state index contributed by atoms with van der Waals surface area (Å²) in [7, 11) is 0. The van der Waals surface area contributed by atoms with E-state index in [4.69, 9.17) is 10.9 Å². The van der Waals surface area contributed by atoms with Gasteiger partial charge in [0.15, 0.2) is 0 Å². The van der Waals surface area contributed by atoms with Gasteiger partial charge in [0, 0.05) is 12.5 Å². The molecule has 0 aromatic carbocycles. The Morgan fingerprint density at radius 1 is 1.64 bits per heavy atom. The summed E-state index contributed by atoms with van der Waals surface area (Å²) in [5.74, 6) is 0.322. The highest BCUT2D eigenvalue weighted by atomic mass is 16.4. The Labute approximate surface area is 66.5 Å². The highest BCUT2D eigenvalue weighted by molar-refractivity contribution is 5.79. The Kier molecular flexibility index (Phi) is 3.16. The molecule has 1 aliphatic carbocycles. The molecule has 0 unspecified atom stereocenters. The standard InChI is InChI=1S/C7H15N3O/c8-7(10-11)2-1-5-9-6-3-4-6/h6,9,11H,1-5H2,(H2,8,10). The van der Waals surface area contributed by atoms with Gasteiger partial charge in [-0.3, -0.25) is 0 Å². The molecule has 0 aromatic rings. The van der Waals surface area contributed by atoms with Crippen LogP contribution in [0.2, 0.25) is 0 Å². The van der Waals surface area contributed by atoms with Crippen molar-refractivity contribution in [2.24, 2.45) is 10.9 Å². The fraction of sp³-hybridized carbons (Fsp3) is 0.857. The van der Waals surface area contributed by atoms with Crippen LogP contribution in [0, 0.1) is 0 Å². The molecule has 0 bridgehead atoms. The van der Waals surface area contributed by atoms with Crippen molar-refractivity contribution in [2.75, 3.05) is 6.54 Å². The van der Waals surface area contributed by atoms with Crippen LogP contribution >= 0.6 is 0 Å². The van der Waals surface area contributed by atoms with Crippen LogP contribution < -0.4 is 11.1 Å². The maximum absolute atomic E-state index is 8.20. The van der Waals surface area contributed by atoms with Crippen LogP contribution in [-0.2, 0) is 0 Å². The van der Waals surface area contributed by atoms with E-state index in [1.807, 2.05) is 0 Å². The first-order valence-electron chi connectivity index (χ1n) is 4.02. The summed E-state index contributed by atoms with van der Waals surface area (Å²) in [4.78, 5) is 0. The van der Waals surface area contributed by atoms with Gasteiger partial charge in [-0.05, 0) is 25.8 Å². The fourth-order valence-electron chi connectivity index (χ4n) is 0.913. The molecule has 1 rings (SSSR count). The van der Waals surface area contributed by atoms with E-state index in [0.717, 1.165) is 19.0 Å². The third-order valence-electron chi connectivity index (χ3n) is 1.75. The lowest BCUT2D eigenvalue weighted by atomic mass is 10.3. The van der Waals surface area contributed by atoms with Gasteiger partial charge in [-0.15, -0.1) is 0 Å². The molecule has 0 aliphatic heterocycles. The third-order valence-corrected chi connectivity index (χ3v) is 1.75. The Morgan fingerprint density at radius 2 is 2.36 bits per heavy atom. The first-order chi connectivity index (χ1) is 5.33. The molecule has 4 heteroatoms. The van der Waals surface area contributed by atoms with Crippen molar-refractivity contribution in [3.8, 4) is 0 Å². The van der Waals surface area contributed by atoms with Crippen LogP contribution in [0.5, 0.6) is 0 Å². The minimum absolute atomic E-state index is 0.322. The smallest absolute Gasteiger partial charge is 0.139 e. The molecule has 64 valence electrons. The maximum atomic E-state index is 8.20. The van der Waals surface area contributed by atoms with Crippen molar-refractivity contribution in [2.45, 2.75) is 31.7 Å². The average Bonchev–Trinajstić information content (AvgIpc) is 2.81. The molecule has 0 aromatic heterocycles. The van der Waals surface area contributed by atoms with Gasteiger partial charge in [-0.2, -0.15) is 0 Å². The normalized spacial score (nSPS) is 18.7. The van der Waals surface area contributed by atoms with E-state index in [1.54, 1.807) is 0 Å². The molecule has 4 N–H and O–H groups in total. The second-order valence-electron chi connectivity index (χ2n) is 2.92. The summed E-state index contributed by atoms with van der Waals surface area (Å²) < 4.78 is 0. The van der Waals surface area contributed by atoms with Crippen LogP contribution in [0.25, 0.3) is 0 Å². The van der Waals surface area contributed by atoms with Crippen molar-refractivity contribution < 1.29 is 5.21 Å². The van der Waals surface area contributed by atoms with Gasteiger partial charge in [-0.25, -0.2) is 0 Å². The average molecular weight is 157 g/mol. The zero-order valence-electron chi connectivity index (χ0n) is 6.58. The molecule has 0 heterocycles. The molecule has 0 radical (unpaired) electrons. The lowest BCUT2D eigenvalue weighted by molar-refractivity contribution is 0.316. The molecule has 0 amide bonds. The molecule has 11 heavy (non-hydrogen) atoms. The SMILES string of the molecule is NC(CCCNC1CC1)=NO. The first kappa shape index (κ1) is 8.33. The molecule has 0 saturated heterocycles. The van der Waals surface area contributed by atoms with Gasteiger partial charge >= 0.3 is 0 Å². The van der Waals surface area contributed by atoms with Crippen molar-refractivity contribution >= 4 is 5.84 Å². The van der Waals surface area contributed by atoms with Crippen molar-refractivity contribution in [1.29, 1.82) is 0 Å². The molecule has 4 nitrogen and oxygen atoms in total. The molecule has 1 aliphatic rings. The third kappa shape index (κ3) is 3.83. The van der Waals surface area contributed by atoms with Crippen molar-refractivity contribution in [1.82, 2.24) is 5.32 Å². The van der Waals surface area contributed by atoms with E-state index in [9.17, 15) is 0 Å². The molecular formula is C7H15N3O. The second-order valence-corrected chi connectivity index (χ2v) is 2.92. The van der Waals surface area contributed by atoms with Crippen LogP contribution in [0.15, 0.2) is 5.16 Å². The number of nitrogens with zero attached hydrogens (tertiary/aromatic N) is 1. The number of hydrogen-bond acceptors (Lipinski definition) is 3. The van der Waals surface area contributed by atoms with E-state index in [0.29, 0.717) is 12.3 Å². The van der Waals surface area contributed by atoms with E-state index in [-0.39, 0.29) is 0 Å². The van der Waals surface area contributed by atoms with Gasteiger partial charge in [0.25, 0.3) is 0 Å². The van der Waals surface area contributed by atoms with E-state index in [2.05, 4.69) is 10.5 Å². The Hall–Kier alpha value is -0.770. The van der Waals surface area contributed by atoms with E-state index in [1.165, 1.54) is 12.8 Å². The quantitative estimate of drug-likeness (QED) is 0.176. The number of hydrogen-bond donors (Lipinski definition) is 3. The molecular weight excluding hydrogens is 142 g/mol. The summed E-state index contributed by atoms with van der Waals surface area (Å²) >= 11 is 0. The van der Waals surface area contributed by atoms with E-state index < -0.39 is 0 Å². The van der Waals surface area contributed by atoms with Crippen LogP contribution in [0.1, 0.15) is 25.7 Å². The second kappa shape index (κ2) is 4.18. The van der Waals surface area contributed by atoms with Crippen LogP contribution in [0.4, 0.5) is 0 Å². The summed E-state index contributed by atoms with van der Waals surface area (Å²) in [5.41, 5.74) is 5.28. The van der Waals surface area contributed by atoms with Crippen molar-refractivity contribution in [3.63, 3.8) is 0 Å². The van der Waals surface area contributed by atoms with Crippen LogP contribution in [-0.4, -0.2) is 23.6 Å². The van der Waals surface area contributed by atoms with Crippen molar-refractivity contribution in [3.05, 3.63) is 0 Å². The summed E-state index contributed by atoms with van der Waals surface area (Å²) in [6.07, 6.45) is 4.25. The highest BCUT2D eigenvalue weighted by Gasteiger charge is 2.19. The number of oxime groups is 1. The summed E-state index contributed by atoms with van der Waals surface area (Å²) in [6, 6.07) is 0.752. The molecule has 1 saturated carbocycles. The van der Waals surface area contributed by atoms with Gasteiger partial charge in [0.2, 0.25) is 0 Å². The fourth-order valence-corrected chi connectivity index (χ4v) is 0.913. The monoisotopic (exact) mass is 157 g/mol. The number of nitrogens with one attached hydrogen (secondary N) is 1. The largest absolute Gasteiger partial charge is 0.409 e. The Morgan fingerprint density at radius 3 is 2.91 bits per heavy atom. The van der Waals surface area contributed by atoms with Gasteiger partial charge < -0.3 is 16.3 Å². The summed E-state index contributed by atoms with van der Waals surface area (Å²) in [6.45, 7) is 0.973. The first-order valence-corrected chi connectivity index (χ1v) is 4.02. The highest BCUT2D eigenvalue weighted by Crippen LogP contribution is 2.18. The zero-order valence-corrected chi connectivity index (χ0v) is 6.58. The molecule has 0 spiro atoms. The van der Waals surface area contributed by atoms with Gasteiger partial charge in [0.1, 0.15) is 5.84 Å². The number of amidine groups is 1. The predicted molar refractivity (Wildman–Crippen MR) is 43.7 cm³/mol. The number of rotatable bonds is 5. The number of nitrogens with two attached hydrogens (primary N) is 1. The van der Waals surface area contributed by atoms with Crippen LogP contribution in [0.3, 0.4) is 0 Å². The molecule has 0 atom stereocenters. The minimum atomic E-state index is 0.322. The summed E-state index contributed by atoms with van der Waals surface area (Å²) in [5, 5.41) is 14.4. The lowest BCUT2D eigenvalue weighted by Crippen LogP contribution is -2.20. The maximum Gasteiger partial charge on any atom is 0.139 e. The van der Waals surface area contributed by atoms with Gasteiger partial charge in [-0.1, -0.05) is 5.16 Å². The molecule has 1 fully saturated rings. The predicted octanol–water partition coefficient (Wildman–Crippen LogP) is 0.265.